The van der Waals surface area contributed by atoms with E-state index in [4.69, 9.17) is 0 Å². The highest BCUT2D eigenvalue weighted by molar-refractivity contribution is 5.45. The monoisotopic (exact) mass is 269 g/mol. The van der Waals surface area contributed by atoms with E-state index in [1.54, 1.807) is 0 Å². The SMILES string of the molecule is Cc1cccc(NCCN(C)Cc2cccc(C)n2)c1. The third kappa shape index (κ3) is 4.67. The van der Waals surface area contributed by atoms with Crippen LogP contribution >= 0.6 is 0 Å². The van der Waals surface area contributed by atoms with Crippen LogP contribution in [0.25, 0.3) is 0 Å². The van der Waals surface area contributed by atoms with Crippen LogP contribution in [0.4, 0.5) is 5.69 Å². The third-order valence-corrected chi connectivity index (χ3v) is 3.22. The Morgan fingerprint density at radius 2 is 1.90 bits per heavy atom. The maximum atomic E-state index is 4.53. The van der Waals surface area contributed by atoms with Crippen LogP contribution in [0.3, 0.4) is 0 Å². The van der Waals surface area contributed by atoms with Crippen LogP contribution in [0.2, 0.25) is 0 Å². The Balaban J connectivity index is 1.76. The van der Waals surface area contributed by atoms with E-state index in [1.165, 1.54) is 11.3 Å². The molecule has 1 aromatic heterocycles. The lowest BCUT2D eigenvalue weighted by Crippen LogP contribution is -2.25. The number of hydrogen-bond donors (Lipinski definition) is 1. The molecule has 0 aliphatic carbocycles. The molecule has 0 saturated heterocycles. The van der Waals surface area contributed by atoms with Crippen molar-refractivity contribution in [2.75, 3.05) is 25.5 Å². The standard InChI is InChI=1S/C17H23N3/c1-14-6-4-8-16(12-14)18-10-11-20(3)13-17-9-5-7-15(2)19-17/h4-9,12,18H,10-11,13H2,1-3H3. The molecule has 1 N–H and O–H groups in total. The van der Waals surface area contributed by atoms with Gasteiger partial charge in [-0.3, -0.25) is 9.88 Å². The van der Waals surface area contributed by atoms with Crippen molar-refractivity contribution in [3.63, 3.8) is 0 Å². The van der Waals surface area contributed by atoms with E-state index in [2.05, 4.69) is 65.6 Å². The van der Waals surface area contributed by atoms with Gasteiger partial charge in [-0.2, -0.15) is 0 Å². The summed E-state index contributed by atoms with van der Waals surface area (Å²) in [4.78, 5) is 6.81. The summed E-state index contributed by atoms with van der Waals surface area (Å²) in [6.07, 6.45) is 0. The molecule has 0 amide bonds. The van der Waals surface area contributed by atoms with Gasteiger partial charge >= 0.3 is 0 Å². The first-order valence-corrected chi connectivity index (χ1v) is 7.05. The Morgan fingerprint density at radius 1 is 1.10 bits per heavy atom. The van der Waals surface area contributed by atoms with Crippen molar-refractivity contribution in [1.29, 1.82) is 0 Å². The maximum absolute atomic E-state index is 4.53. The van der Waals surface area contributed by atoms with E-state index in [0.29, 0.717) is 0 Å². The van der Waals surface area contributed by atoms with Gasteiger partial charge in [-0.05, 0) is 50.7 Å². The summed E-state index contributed by atoms with van der Waals surface area (Å²) < 4.78 is 0. The highest BCUT2D eigenvalue weighted by Crippen LogP contribution is 2.09. The van der Waals surface area contributed by atoms with E-state index >= 15 is 0 Å². The molecule has 0 bridgehead atoms. The Kier molecular flexibility index (Phi) is 5.13. The molecule has 3 heteroatoms. The lowest BCUT2D eigenvalue weighted by atomic mass is 10.2. The van der Waals surface area contributed by atoms with Crippen LogP contribution in [-0.2, 0) is 6.54 Å². The molecule has 20 heavy (non-hydrogen) atoms. The van der Waals surface area contributed by atoms with E-state index in [1.807, 2.05) is 13.0 Å². The molecule has 106 valence electrons. The highest BCUT2D eigenvalue weighted by Gasteiger charge is 2.01. The minimum atomic E-state index is 0.886. The molecule has 2 rings (SSSR count). The van der Waals surface area contributed by atoms with E-state index in [-0.39, 0.29) is 0 Å². The maximum Gasteiger partial charge on any atom is 0.0547 e. The van der Waals surface area contributed by atoms with Gasteiger partial charge in [0.25, 0.3) is 0 Å². The average Bonchev–Trinajstić information content (AvgIpc) is 2.38. The second-order valence-electron chi connectivity index (χ2n) is 5.30. The van der Waals surface area contributed by atoms with Gasteiger partial charge in [-0.1, -0.05) is 18.2 Å². The lowest BCUT2D eigenvalue weighted by Gasteiger charge is -2.17. The van der Waals surface area contributed by atoms with Crippen LogP contribution in [-0.4, -0.2) is 30.0 Å². The minimum absolute atomic E-state index is 0.886. The van der Waals surface area contributed by atoms with Crippen molar-refractivity contribution in [2.24, 2.45) is 0 Å². The van der Waals surface area contributed by atoms with Crippen LogP contribution in [0, 0.1) is 13.8 Å². The van der Waals surface area contributed by atoms with E-state index in [0.717, 1.165) is 31.0 Å². The number of nitrogens with one attached hydrogen (secondary N) is 1. The molecule has 1 aromatic carbocycles. The number of benzene rings is 1. The van der Waals surface area contributed by atoms with Gasteiger partial charge in [0.15, 0.2) is 0 Å². The fourth-order valence-corrected chi connectivity index (χ4v) is 2.19. The van der Waals surface area contributed by atoms with Crippen LogP contribution in [0.15, 0.2) is 42.5 Å². The minimum Gasteiger partial charge on any atom is -0.384 e. The second kappa shape index (κ2) is 7.06. The molecule has 0 aliphatic rings. The number of anilines is 1. The highest BCUT2D eigenvalue weighted by atomic mass is 15.1. The topological polar surface area (TPSA) is 28.2 Å². The van der Waals surface area contributed by atoms with Gasteiger partial charge in [0.1, 0.15) is 0 Å². The molecule has 2 aromatic rings. The van der Waals surface area contributed by atoms with Gasteiger partial charge in [0.05, 0.1) is 5.69 Å². The summed E-state index contributed by atoms with van der Waals surface area (Å²) in [6.45, 7) is 6.95. The van der Waals surface area contributed by atoms with Crippen molar-refractivity contribution in [3.8, 4) is 0 Å². The fraction of sp³-hybridized carbons (Fsp3) is 0.353. The van der Waals surface area contributed by atoms with Crippen molar-refractivity contribution in [2.45, 2.75) is 20.4 Å². The van der Waals surface area contributed by atoms with Crippen molar-refractivity contribution in [1.82, 2.24) is 9.88 Å². The van der Waals surface area contributed by atoms with Crippen LogP contribution in [0.5, 0.6) is 0 Å². The molecule has 0 unspecified atom stereocenters. The summed E-state index contributed by atoms with van der Waals surface area (Å²) in [6, 6.07) is 14.6. The first-order valence-electron chi connectivity index (χ1n) is 7.05. The summed E-state index contributed by atoms with van der Waals surface area (Å²) in [5.41, 5.74) is 4.68. The number of rotatable bonds is 6. The normalized spacial score (nSPS) is 10.8. The zero-order valence-electron chi connectivity index (χ0n) is 12.6. The molecule has 3 nitrogen and oxygen atoms in total. The number of aryl methyl sites for hydroxylation is 2. The molecule has 0 atom stereocenters. The molecule has 0 fully saturated rings. The summed E-state index contributed by atoms with van der Waals surface area (Å²) in [5.74, 6) is 0. The van der Waals surface area contributed by atoms with E-state index in [9.17, 15) is 0 Å². The predicted octanol–water partition coefficient (Wildman–Crippen LogP) is 3.24. The Labute approximate surface area is 121 Å². The fourth-order valence-electron chi connectivity index (χ4n) is 2.19. The van der Waals surface area contributed by atoms with Gasteiger partial charge in [-0.15, -0.1) is 0 Å². The number of likely N-dealkylation sites (N-methyl/N-ethyl adjacent to an activating group) is 1. The van der Waals surface area contributed by atoms with E-state index < -0.39 is 0 Å². The third-order valence-electron chi connectivity index (χ3n) is 3.22. The summed E-state index contributed by atoms with van der Waals surface area (Å²) in [5, 5.41) is 3.45. The number of nitrogens with zero attached hydrogens (tertiary/aromatic N) is 2. The Hall–Kier alpha value is -1.87. The van der Waals surface area contributed by atoms with Gasteiger partial charge < -0.3 is 5.32 Å². The van der Waals surface area contributed by atoms with Crippen LogP contribution < -0.4 is 5.32 Å². The first-order chi connectivity index (χ1) is 9.63. The summed E-state index contributed by atoms with van der Waals surface area (Å²) >= 11 is 0. The Morgan fingerprint density at radius 3 is 2.65 bits per heavy atom. The van der Waals surface area contributed by atoms with Crippen molar-refractivity contribution >= 4 is 5.69 Å². The van der Waals surface area contributed by atoms with Crippen molar-refractivity contribution in [3.05, 3.63) is 59.4 Å². The molecule has 0 aliphatic heterocycles. The lowest BCUT2D eigenvalue weighted by molar-refractivity contribution is 0.335. The largest absolute Gasteiger partial charge is 0.384 e. The first kappa shape index (κ1) is 14.5. The number of aromatic nitrogens is 1. The smallest absolute Gasteiger partial charge is 0.0547 e. The summed E-state index contributed by atoms with van der Waals surface area (Å²) in [7, 11) is 2.13. The Bertz CT molecular complexity index is 551. The molecule has 0 saturated carbocycles. The molecule has 0 spiro atoms. The molecule has 1 heterocycles. The zero-order valence-corrected chi connectivity index (χ0v) is 12.6. The quantitative estimate of drug-likeness (QED) is 0.872. The second-order valence-corrected chi connectivity index (χ2v) is 5.30. The molecular weight excluding hydrogens is 246 g/mol. The van der Waals surface area contributed by atoms with Crippen molar-refractivity contribution < 1.29 is 0 Å². The number of hydrogen-bond acceptors (Lipinski definition) is 3. The van der Waals surface area contributed by atoms with Crippen LogP contribution in [0.1, 0.15) is 17.0 Å². The van der Waals surface area contributed by atoms with Gasteiger partial charge in [0.2, 0.25) is 0 Å². The number of pyridine rings is 1. The van der Waals surface area contributed by atoms with Gasteiger partial charge in [-0.25, -0.2) is 0 Å². The molecule has 0 radical (unpaired) electrons. The average molecular weight is 269 g/mol. The molecular formula is C17H23N3. The predicted molar refractivity (Wildman–Crippen MR) is 85.0 cm³/mol. The zero-order chi connectivity index (χ0) is 14.4. The van der Waals surface area contributed by atoms with Gasteiger partial charge in [0, 0.05) is 31.0 Å².